The zero-order valence-corrected chi connectivity index (χ0v) is 9.81. The molecule has 18 heavy (non-hydrogen) atoms. The second-order valence-electron chi connectivity index (χ2n) is 3.46. The molecule has 0 saturated carbocycles. The SMILES string of the molecule is CCOC(=O)[C@H](O)Cc1ccccc1OC(F)F. The number of hydrogen-bond donors (Lipinski definition) is 1. The van der Waals surface area contributed by atoms with Gasteiger partial charge in [-0.25, -0.2) is 4.79 Å². The van der Waals surface area contributed by atoms with Gasteiger partial charge in [0.25, 0.3) is 0 Å². The quantitative estimate of drug-likeness (QED) is 0.792. The Balaban J connectivity index is 2.74. The third-order valence-electron chi connectivity index (χ3n) is 2.16. The van der Waals surface area contributed by atoms with Crippen molar-refractivity contribution in [2.24, 2.45) is 0 Å². The highest BCUT2D eigenvalue weighted by molar-refractivity contribution is 5.74. The molecule has 0 unspecified atom stereocenters. The highest BCUT2D eigenvalue weighted by atomic mass is 19.3. The zero-order valence-electron chi connectivity index (χ0n) is 9.81. The Bertz CT molecular complexity index is 395. The molecule has 0 saturated heterocycles. The summed E-state index contributed by atoms with van der Waals surface area (Å²) in [4.78, 5) is 11.2. The van der Waals surface area contributed by atoms with E-state index in [-0.39, 0.29) is 18.8 Å². The lowest BCUT2D eigenvalue weighted by Gasteiger charge is -2.13. The number of ether oxygens (including phenoxy) is 2. The van der Waals surface area contributed by atoms with Gasteiger partial charge >= 0.3 is 12.6 Å². The second kappa shape index (κ2) is 6.90. The van der Waals surface area contributed by atoms with E-state index < -0.39 is 18.7 Å². The van der Waals surface area contributed by atoms with E-state index in [2.05, 4.69) is 9.47 Å². The minimum atomic E-state index is -2.95. The smallest absolute Gasteiger partial charge is 0.387 e. The number of benzene rings is 1. The van der Waals surface area contributed by atoms with Gasteiger partial charge in [0.2, 0.25) is 0 Å². The first-order valence-electron chi connectivity index (χ1n) is 5.42. The van der Waals surface area contributed by atoms with Gasteiger partial charge in [-0.3, -0.25) is 0 Å². The van der Waals surface area contributed by atoms with Crippen LogP contribution in [0.3, 0.4) is 0 Å². The highest BCUT2D eigenvalue weighted by Crippen LogP contribution is 2.21. The standard InChI is InChI=1S/C12H14F2O4/c1-2-17-11(16)9(15)7-8-5-3-4-6-10(8)18-12(13)14/h3-6,9,12,15H,2,7H2,1H3/t9-/m1/s1. The number of carbonyl (C=O) groups is 1. The lowest BCUT2D eigenvalue weighted by molar-refractivity contribution is -0.152. The van der Waals surface area contributed by atoms with Crippen LogP contribution in [0.2, 0.25) is 0 Å². The second-order valence-corrected chi connectivity index (χ2v) is 3.46. The third kappa shape index (κ3) is 4.29. The van der Waals surface area contributed by atoms with Crippen LogP contribution >= 0.6 is 0 Å². The van der Waals surface area contributed by atoms with E-state index in [9.17, 15) is 18.7 Å². The molecule has 0 aliphatic carbocycles. The number of para-hydroxylation sites is 1. The number of halogens is 2. The molecule has 1 aromatic carbocycles. The number of carbonyl (C=O) groups excluding carboxylic acids is 1. The van der Waals surface area contributed by atoms with Gasteiger partial charge in [-0.15, -0.1) is 0 Å². The van der Waals surface area contributed by atoms with E-state index in [0.29, 0.717) is 5.56 Å². The van der Waals surface area contributed by atoms with Crippen molar-refractivity contribution < 1.29 is 28.2 Å². The fourth-order valence-electron chi connectivity index (χ4n) is 1.41. The molecule has 1 aromatic rings. The van der Waals surface area contributed by atoms with Gasteiger partial charge in [0.05, 0.1) is 6.61 Å². The van der Waals surface area contributed by atoms with E-state index >= 15 is 0 Å². The van der Waals surface area contributed by atoms with Gasteiger partial charge < -0.3 is 14.6 Å². The van der Waals surface area contributed by atoms with Gasteiger partial charge in [-0.2, -0.15) is 8.78 Å². The van der Waals surface area contributed by atoms with Crippen LogP contribution in [0.1, 0.15) is 12.5 Å². The van der Waals surface area contributed by atoms with Gasteiger partial charge in [-0.1, -0.05) is 18.2 Å². The van der Waals surface area contributed by atoms with Crippen molar-refractivity contribution in [2.75, 3.05) is 6.61 Å². The van der Waals surface area contributed by atoms with Crippen LogP contribution < -0.4 is 4.74 Å². The maximum absolute atomic E-state index is 12.1. The summed E-state index contributed by atoms with van der Waals surface area (Å²) < 4.78 is 33.2. The molecular formula is C12H14F2O4. The molecule has 4 nitrogen and oxygen atoms in total. The largest absolute Gasteiger partial charge is 0.464 e. The molecular weight excluding hydrogens is 246 g/mol. The Morgan fingerprint density at radius 1 is 1.39 bits per heavy atom. The predicted molar refractivity (Wildman–Crippen MR) is 59.4 cm³/mol. The highest BCUT2D eigenvalue weighted by Gasteiger charge is 2.19. The van der Waals surface area contributed by atoms with Crippen molar-refractivity contribution in [3.8, 4) is 5.75 Å². The average Bonchev–Trinajstić information content (AvgIpc) is 2.31. The normalized spacial score (nSPS) is 12.3. The van der Waals surface area contributed by atoms with E-state index in [0.717, 1.165) is 0 Å². The summed E-state index contributed by atoms with van der Waals surface area (Å²) in [5.41, 5.74) is 0.318. The molecule has 100 valence electrons. The van der Waals surface area contributed by atoms with Crippen molar-refractivity contribution in [3.05, 3.63) is 29.8 Å². The fraction of sp³-hybridized carbons (Fsp3) is 0.417. The molecule has 0 aliphatic heterocycles. The van der Waals surface area contributed by atoms with Crippen molar-refractivity contribution in [2.45, 2.75) is 26.1 Å². The Labute approximate surface area is 103 Å². The zero-order chi connectivity index (χ0) is 13.5. The van der Waals surface area contributed by atoms with Gasteiger partial charge in [0.15, 0.2) is 6.10 Å². The minimum absolute atomic E-state index is 0.0594. The van der Waals surface area contributed by atoms with E-state index in [1.807, 2.05) is 0 Å². The summed E-state index contributed by atoms with van der Waals surface area (Å²) in [5, 5.41) is 9.54. The van der Waals surface area contributed by atoms with Gasteiger partial charge in [0, 0.05) is 6.42 Å². The molecule has 0 aliphatic rings. The lowest BCUT2D eigenvalue weighted by atomic mass is 10.1. The number of aliphatic hydroxyl groups is 1. The van der Waals surface area contributed by atoms with Crippen LogP contribution in [0, 0.1) is 0 Å². The van der Waals surface area contributed by atoms with Crippen LogP contribution in [0.4, 0.5) is 8.78 Å². The molecule has 0 aromatic heterocycles. The summed E-state index contributed by atoms with van der Waals surface area (Å²) in [6.45, 7) is -1.20. The number of alkyl halides is 2. The molecule has 0 amide bonds. The molecule has 6 heteroatoms. The maximum atomic E-state index is 12.1. The Hall–Kier alpha value is -1.69. The molecule has 0 spiro atoms. The van der Waals surface area contributed by atoms with Crippen LogP contribution in [0.15, 0.2) is 24.3 Å². The Morgan fingerprint density at radius 3 is 2.67 bits per heavy atom. The minimum Gasteiger partial charge on any atom is -0.464 e. The Kier molecular flexibility index (Phi) is 5.51. The summed E-state index contributed by atoms with van der Waals surface area (Å²) in [5.74, 6) is -0.847. The summed E-state index contributed by atoms with van der Waals surface area (Å²) >= 11 is 0. The van der Waals surface area contributed by atoms with Crippen molar-refractivity contribution in [1.82, 2.24) is 0 Å². The molecule has 0 heterocycles. The van der Waals surface area contributed by atoms with E-state index in [1.54, 1.807) is 13.0 Å². The van der Waals surface area contributed by atoms with Crippen molar-refractivity contribution in [3.63, 3.8) is 0 Å². The lowest BCUT2D eigenvalue weighted by Crippen LogP contribution is -2.25. The number of aliphatic hydroxyl groups excluding tert-OH is 1. The van der Waals surface area contributed by atoms with E-state index in [4.69, 9.17) is 0 Å². The molecule has 1 N–H and O–H groups in total. The maximum Gasteiger partial charge on any atom is 0.387 e. The molecule has 0 radical (unpaired) electrons. The topological polar surface area (TPSA) is 55.8 Å². The fourth-order valence-corrected chi connectivity index (χ4v) is 1.41. The molecule has 0 bridgehead atoms. The van der Waals surface area contributed by atoms with Gasteiger partial charge in [0.1, 0.15) is 5.75 Å². The van der Waals surface area contributed by atoms with Crippen LogP contribution in [0.25, 0.3) is 0 Å². The number of esters is 1. The number of hydrogen-bond acceptors (Lipinski definition) is 4. The summed E-state index contributed by atoms with van der Waals surface area (Å²) in [7, 11) is 0. The third-order valence-corrected chi connectivity index (χ3v) is 2.16. The first kappa shape index (κ1) is 14.4. The van der Waals surface area contributed by atoms with Crippen molar-refractivity contribution in [1.29, 1.82) is 0 Å². The van der Waals surface area contributed by atoms with E-state index in [1.165, 1.54) is 18.2 Å². The Morgan fingerprint density at radius 2 is 2.06 bits per heavy atom. The predicted octanol–water partition coefficient (Wildman–Crippen LogP) is 1.75. The van der Waals surface area contributed by atoms with Crippen LogP contribution in [-0.2, 0) is 16.0 Å². The van der Waals surface area contributed by atoms with Crippen LogP contribution in [0.5, 0.6) is 5.75 Å². The molecule has 1 rings (SSSR count). The summed E-state index contributed by atoms with van der Waals surface area (Å²) in [6.07, 6.45) is -1.53. The number of rotatable bonds is 6. The molecule has 0 fully saturated rings. The monoisotopic (exact) mass is 260 g/mol. The van der Waals surface area contributed by atoms with Gasteiger partial charge in [-0.05, 0) is 18.6 Å². The molecule has 1 atom stereocenters. The first-order chi connectivity index (χ1) is 8.54. The van der Waals surface area contributed by atoms with Crippen molar-refractivity contribution >= 4 is 5.97 Å². The average molecular weight is 260 g/mol. The summed E-state index contributed by atoms with van der Waals surface area (Å²) in [6, 6.07) is 5.98. The van der Waals surface area contributed by atoms with Crippen LogP contribution in [-0.4, -0.2) is 30.4 Å². The first-order valence-corrected chi connectivity index (χ1v) is 5.42.